The van der Waals surface area contributed by atoms with Gasteiger partial charge < -0.3 is 19.7 Å². The maximum atomic E-state index is 11.7. The number of nitriles is 1. The molecule has 0 bridgehead atoms. The van der Waals surface area contributed by atoms with E-state index in [0.29, 0.717) is 41.7 Å². The zero-order valence-electron chi connectivity index (χ0n) is 18.8. The molecule has 2 saturated heterocycles. The maximum absolute atomic E-state index is 11.7. The minimum Gasteiger partial charge on any atom is -0.495 e. The van der Waals surface area contributed by atoms with E-state index >= 15 is 0 Å². The van der Waals surface area contributed by atoms with E-state index in [1.54, 1.807) is 13.2 Å². The van der Waals surface area contributed by atoms with Gasteiger partial charge in [0.1, 0.15) is 5.75 Å². The lowest BCUT2D eigenvalue weighted by molar-refractivity contribution is -0.137. The van der Waals surface area contributed by atoms with E-state index in [4.69, 9.17) is 21.1 Å². The van der Waals surface area contributed by atoms with Gasteiger partial charge in [0.2, 0.25) is 0 Å². The number of rotatable bonds is 5. The highest BCUT2D eigenvalue weighted by atomic mass is 35.5. The van der Waals surface area contributed by atoms with Crippen LogP contribution in [0.1, 0.15) is 30.4 Å². The molecule has 2 aliphatic heterocycles. The van der Waals surface area contributed by atoms with Gasteiger partial charge in [-0.15, -0.1) is 10.2 Å². The quantitative estimate of drug-likeness (QED) is 0.542. The van der Waals surface area contributed by atoms with E-state index in [9.17, 15) is 10.1 Å². The van der Waals surface area contributed by atoms with E-state index in [-0.39, 0.29) is 11.4 Å². The van der Waals surface area contributed by atoms with Crippen molar-refractivity contribution in [3.8, 4) is 11.8 Å². The standard InChI is InChI=1S/C25H24ClN5O3/c1-33-21-5-3-17(11-20(21)26)14-28-23-19-10-16(13-27)2-4-18(19)24(30-29-23)31-8-6-25(7-9-31)12-22(32)34-15-25/h2-5,10-11H,6-9,12,14-15H2,1H3,(H,28,29). The van der Waals surface area contributed by atoms with Crippen LogP contribution in [0.5, 0.6) is 5.75 Å². The van der Waals surface area contributed by atoms with Crippen molar-refractivity contribution in [3.63, 3.8) is 0 Å². The molecule has 0 atom stereocenters. The van der Waals surface area contributed by atoms with E-state index in [1.807, 2.05) is 30.3 Å². The predicted molar refractivity (Wildman–Crippen MR) is 129 cm³/mol. The van der Waals surface area contributed by atoms with E-state index in [0.717, 1.165) is 48.1 Å². The zero-order chi connectivity index (χ0) is 23.7. The highest BCUT2D eigenvalue weighted by molar-refractivity contribution is 6.32. The molecule has 0 radical (unpaired) electrons. The lowest BCUT2D eigenvalue weighted by atomic mass is 9.78. The van der Waals surface area contributed by atoms with Gasteiger partial charge in [-0.25, -0.2) is 0 Å². The van der Waals surface area contributed by atoms with Crippen molar-refractivity contribution in [1.29, 1.82) is 5.26 Å². The predicted octanol–water partition coefficient (Wildman–Crippen LogP) is 4.31. The minimum absolute atomic E-state index is 0.0497. The van der Waals surface area contributed by atoms with Crippen LogP contribution in [0, 0.1) is 16.7 Å². The monoisotopic (exact) mass is 477 g/mol. The highest BCUT2D eigenvalue weighted by Crippen LogP contribution is 2.41. The first-order valence-electron chi connectivity index (χ1n) is 11.2. The fraction of sp³-hybridized carbons (Fsp3) is 0.360. The van der Waals surface area contributed by atoms with E-state index in [1.165, 1.54) is 0 Å². The van der Waals surface area contributed by atoms with Crippen molar-refractivity contribution < 1.29 is 14.3 Å². The third-order valence-corrected chi connectivity index (χ3v) is 7.04. The molecular weight excluding hydrogens is 454 g/mol. The summed E-state index contributed by atoms with van der Waals surface area (Å²) < 4.78 is 10.5. The van der Waals surface area contributed by atoms with Gasteiger partial charge in [0.05, 0.1) is 36.8 Å². The van der Waals surface area contributed by atoms with E-state index in [2.05, 4.69) is 26.5 Å². The van der Waals surface area contributed by atoms with Crippen LogP contribution in [-0.2, 0) is 16.1 Å². The number of carbonyl (C=O) groups excluding carboxylic acids is 1. The molecule has 1 spiro atoms. The smallest absolute Gasteiger partial charge is 0.306 e. The molecule has 9 heteroatoms. The Morgan fingerprint density at radius 2 is 2.03 bits per heavy atom. The fourth-order valence-electron chi connectivity index (χ4n) is 4.74. The van der Waals surface area contributed by atoms with Crippen molar-refractivity contribution in [1.82, 2.24) is 10.2 Å². The SMILES string of the molecule is COc1ccc(CNc2nnc(N3CCC4(CC3)COC(=O)C4)c3ccc(C#N)cc23)cc1Cl. The molecule has 0 amide bonds. The number of halogens is 1. The third kappa shape index (κ3) is 4.19. The number of cyclic esters (lactones) is 1. The average molecular weight is 478 g/mol. The topological polar surface area (TPSA) is 100 Å². The molecule has 174 valence electrons. The number of ether oxygens (including phenoxy) is 2. The summed E-state index contributed by atoms with van der Waals surface area (Å²) in [4.78, 5) is 13.9. The molecule has 2 fully saturated rings. The summed E-state index contributed by atoms with van der Waals surface area (Å²) in [5.41, 5.74) is 1.48. The van der Waals surface area contributed by atoms with Gasteiger partial charge in [-0.2, -0.15) is 5.26 Å². The largest absolute Gasteiger partial charge is 0.495 e. The second kappa shape index (κ2) is 8.99. The number of hydrogen-bond donors (Lipinski definition) is 1. The van der Waals surface area contributed by atoms with Gasteiger partial charge in [0.15, 0.2) is 11.6 Å². The minimum atomic E-state index is -0.101. The number of nitrogens with one attached hydrogen (secondary N) is 1. The lowest BCUT2D eigenvalue weighted by Gasteiger charge is -2.38. The Balaban J connectivity index is 1.41. The second-order valence-corrected chi connectivity index (χ2v) is 9.30. The number of fused-ring (bicyclic) bond motifs is 1. The molecular formula is C25H24ClN5O3. The van der Waals surface area contributed by atoms with Crippen LogP contribution in [0.25, 0.3) is 10.8 Å². The van der Waals surface area contributed by atoms with Crippen LogP contribution in [0.2, 0.25) is 5.02 Å². The van der Waals surface area contributed by atoms with Crippen molar-refractivity contribution in [2.24, 2.45) is 5.41 Å². The molecule has 3 aromatic rings. The summed E-state index contributed by atoms with van der Waals surface area (Å²) in [5, 5.41) is 24.1. The van der Waals surface area contributed by atoms with Crippen LogP contribution in [0.3, 0.4) is 0 Å². The van der Waals surface area contributed by atoms with Crippen LogP contribution < -0.4 is 15.0 Å². The number of benzene rings is 2. The van der Waals surface area contributed by atoms with Gasteiger partial charge in [-0.05, 0) is 48.7 Å². The first-order chi connectivity index (χ1) is 16.5. The number of esters is 1. The third-order valence-electron chi connectivity index (χ3n) is 6.75. The van der Waals surface area contributed by atoms with Gasteiger partial charge in [-0.1, -0.05) is 17.7 Å². The summed E-state index contributed by atoms with van der Waals surface area (Å²) in [6.45, 7) is 2.55. The average Bonchev–Trinajstić information content (AvgIpc) is 3.22. The Labute approximate surface area is 202 Å². The van der Waals surface area contributed by atoms with Gasteiger partial charge in [0, 0.05) is 35.8 Å². The van der Waals surface area contributed by atoms with Crippen molar-refractivity contribution in [3.05, 3.63) is 52.5 Å². The summed E-state index contributed by atoms with van der Waals surface area (Å²) >= 11 is 6.26. The summed E-state index contributed by atoms with van der Waals surface area (Å²) in [5.74, 6) is 1.91. The summed E-state index contributed by atoms with van der Waals surface area (Å²) in [6.07, 6.45) is 2.24. The molecule has 1 aromatic heterocycles. The highest BCUT2D eigenvalue weighted by Gasteiger charge is 2.43. The molecule has 8 nitrogen and oxygen atoms in total. The van der Waals surface area contributed by atoms with Crippen LogP contribution in [0.15, 0.2) is 36.4 Å². The second-order valence-electron chi connectivity index (χ2n) is 8.89. The Morgan fingerprint density at radius 3 is 2.71 bits per heavy atom. The Kier molecular flexibility index (Phi) is 5.88. The molecule has 0 unspecified atom stereocenters. The molecule has 5 rings (SSSR count). The number of carbonyl (C=O) groups is 1. The number of hydrogen-bond acceptors (Lipinski definition) is 8. The van der Waals surface area contributed by atoms with Crippen molar-refractivity contribution in [2.75, 3.05) is 37.0 Å². The number of aromatic nitrogens is 2. The van der Waals surface area contributed by atoms with Crippen LogP contribution >= 0.6 is 11.6 Å². The van der Waals surface area contributed by atoms with Gasteiger partial charge in [0.25, 0.3) is 0 Å². The number of methoxy groups -OCH3 is 1. The fourth-order valence-corrected chi connectivity index (χ4v) is 5.02. The molecule has 2 aliphatic rings. The van der Waals surface area contributed by atoms with Crippen molar-refractivity contribution in [2.45, 2.75) is 25.8 Å². The molecule has 1 N–H and O–H groups in total. The molecule has 34 heavy (non-hydrogen) atoms. The Hall–Kier alpha value is -3.57. The normalized spacial score (nSPS) is 17.0. The van der Waals surface area contributed by atoms with Gasteiger partial charge >= 0.3 is 5.97 Å². The Bertz CT molecular complexity index is 1300. The van der Waals surface area contributed by atoms with Crippen molar-refractivity contribution >= 4 is 40.0 Å². The summed E-state index contributed by atoms with van der Waals surface area (Å²) in [6, 6.07) is 13.4. The number of nitrogens with zero attached hydrogens (tertiary/aromatic N) is 4. The number of anilines is 2. The molecule has 0 aliphatic carbocycles. The first kappa shape index (κ1) is 22.2. The van der Waals surface area contributed by atoms with Crippen LogP contribution in [0.4, 0.5) is 11.6 Å². The van der Waals surface area contributed by atoms with Gasteiger partial charge in [-0.3, -0.25) is 4.79 Å². The van der Waals surface area contributed by atoms with E-state index < -0.39 is 0 Å². The maximum Gasteiger partial charge on any atom is 0.306 e. The number of piperidine rings is 1. The first-order valence-corrected chi connectivity index (χ1v) is 11.6. The molecule has 2 aromatic carbocycles. The Morgan fingerprint density at radius 1 is 1.21 bits per heavy atom. The molecule has 3 heterocycles. The molecule has 0 saturated carbocycles. The lowest BCUT2D eigenvalue weighted by Crippen LogP contribution is -2.41. The zero-order valence-corrected chi connectivity index (χ0v) is 19.6. The summed E-state index contributed by atoms with van der Waals surface area (Å²) in [7, 11) is 1.58. The van der Waals surface area contributed by atoms with Crippen LogP contribution in [-0.4, -0.2) is 43.0 Å².